The minimum Gasteiger partial charge on any atom is -0.411 e. The van der Waals surface area contributed by atoms with Crippen molar-refractivity contribution in [1.29, 1.82) is 0 Å². The molecule has 12 heavy (non-hydrogen) atoms. The molecule has 1 heterocycles. The average Bonchev–Trinajstić information content (AvgIpc) is 2.38. The lowest BCUT2D eigenvalue weighted by atomic mass is 10.0. The third-order valence-corrected chi connectivity index (χ3v) is 2.31. The van der Waals surface area contributed by atoms with Crippen LogP contribution in [0.5, 0.6) is 0 Å². The minimum absolute atomic E-state index is 0.303. The van der Waals surface area contributed by atoms with E-state index in [0.29, 0.717) is 5.71 Å². The van der Waals surface area contributed by atoms with Crippen LogP contribution < -0.4 is 0 Å². The van der Waals surface area contributed by atoms with Crippen molar-refractivity contribution in [2.24, 2.45) is 5.16 Å². The van der Waals surface area contributed by atoms with Crippen LogP contribution in [-0.4, -0.2) is 21.6 Å². The predicted octanol–water partition coefficient (Wildman–Crippen LogP) is 1.70. The largest absolute Gasteiger partial charge is 0.411 e. The molecule has 1 rings (SSSR count). The maximum atomic E-state index is 9.57. The van der Waals surface area contributed by atoms with Crippen molar-refractivity contribution in [3.05, 3.63) is 22.4 Å². The Morgan fingerprint density at radius 3 is 2.58 bits per heavy atom. The molecule has 0 aliphatic carbocycles. The van der Waals surface area contributed by atoms with Crippen LogP contribution in [0, 0.1) is 0 Å². The summed E-state index contributed by atoms with van der Waals surface area (Å²) >= 11 is 1.43. The normalized spacial score (nSPS) is 13.4. The number of rotatable bonds is 2. The zero-order valence-corrected chi connectivity index (χ0v) is 7.80. The Bertz CT molecular complexity index is 272. The van der Waals surface area contributed by atoms with Crippen molar-refractivity contribution in [2.75, 3.05) is 0 Å². The van der Waals surface area contributed by atoms with E-state index in [0.717, 1.165) is 4.88 Å². The number of nitrogens with zero attached hydrogens (tertiary/aromatic N) is 1. The molecule has 1 aromatic heterocycles. The van der Waals surface area contributed by atoms with E-state index >= 15 is 0 Å². The highest BCUT2D eigenvalue weighted by molar-refractivity contribution is 7.12. The molecule has 0 radical (unpaired) electrons. The monoisotopic (exact) mass is 185 g/mol. The van der Waals surface area contributed by atoms with Crippen LogP contribution in [0.25, 0.3) is 0 Å². The lowest BCUT2D eigenvalue weighted by molar-refractivity contribution is 0.149. The Hall–Kier alpha value is -0.870. The van der Waals surface area contributed by atoms with Gasteiger partial charge in [-0.05, 0) is 25.3 Å². The summed E-state index contributed by atoms with van der Waals surface area (Å²) in [6, 6.07) is 3.65. The molecule has 0 amide bonds. The summed E-state index contributed by atoms with van der Waals surface area (Å²) in [6.45, 7) is 3.17. The summed E-state index contributed by atoms with van der Waals surface area (Å²) < 4.78 is 0. The highest BCUT2D eigenvalue weighted by Crippen LogP contribution is 2.17. The van der Waals surface area contributed by atoms with Gasteiger partial charge in [0.25, 0.3) is 0 Å². The van der Waals surface area contributed by atoms with Gasteiger partial charge < -0.3 is 10.3 Å². The summed E-state index contributed by atoms with van der Waals surface area (Å²) in [6.07, 6.45) is 0. The van der Waals surface area contributed by atoms with Gasteiger partial charge in [0, 0.05) is 0 Å². The molecule has 0 spiro atoms. The Balaban J connectivity index is 3.01. The number of hydrogen-bond acceptors (Lipinski definition) is 4. The quantitative estimate of drug-likeness (QED) is 0.418. The first kappa shape index (κ1) is 9.22. The second-order valence-electron chi connectivity index (χ2n) is 2.98. The fourth-order valence-corrected chi connectivity index (χ4v) is 1.75. The molecule has 0 aliphatic heterocycles. The number of hydrogen-bond donors (Lipinski definition) is 2. The van der Waals surface area contributed by atoms with Gasteiger partial charge in [-0.3, -0.25) is 0 Å². The Labute approximate surface area is 75.0 Å². The maximum Gasteiger partial charge on any atom is 0.128 e. The number of aliphatic hydroxyl groups is 1. The zero-order chi connectivity index (χ0) is 9.19. The van der Waals surface area contributed by atoms with Gasteiger partial charge in [0.15, 0.2) is 0 Å². The fraction of sp³-hybridized carbons (Fsp3) is 0.375. The lowest BCUT2D eigenvalue weighted by Gasteiger charge is -2.16. The van der Waals surface area contributed by atoms with E-state index in [2.05, 4.69) is 5.16 Å². The summed E-state index contributed by atoms with van der Waals surface area (Å²) in [5, 5.41) is 23.2. The van der Waals surface area contributed by atoms with Crippen molar-refractivity contribution in [2.45, 2.75) is 19.4 Å². The molecule has 1 aromatic rings. The molecule has 3 nitrogen and oxygen atoms in total. The van der Waals surface area contributed by atoms with Crippen molar-refractivity contribution < 1.29 is 10.3 Å². The smallest absolute Gasteiger partial charge is 0.128 e. The predicted molar refractivity (Wildman–Crippen MR) is 48.9 cm³/mol. The lowest BCUT2D eigenvalue weighted by Crippen LogP contribution is -2.31. The maximum absolute atomic E-state index is 9.57. The average molecular weight is 185 g/mol. The van der Waals surface area contributed by atoms with Gasteiger partial charge in [0.05, 0.1) is 4.88 Å². The second kappa shape index (κ2) is 3.25. The molecule has 0 aromatic carbocycles. The van der Waals surface area contributed by atoms with E-state index < -0.39 is 5.60 Å². The highest BCUT2D eigenvalue weighted by Gasteiger charge is 2.24. The molecule has 0 saturated carbocycles. The van der Waals surface area contributed by atoms with Crippen LogP contribution in [0.2, 0.25) is 0 Å². The van der Waals surface area contributed by atoms with Crippen molar-refractivity contribution in [3.63, 3.8) is 0 Å². The van der Waals surface area contributed by atoms with Crippen LogP contribution in [-0.2, 0) is 0 Å². The third-order valence-electron chi connectivity index (χ3n) is 1.43. The van der Waals surface area contributed by atoms with Gasteiger partial charge in [-0.15, -0.1) is 11.3 Å². The molecule has 4 heteroatoms. The van der Waals surface area contributed by atoms with Crippen molar-refractivity contribution in [1.82, 2.24) is 0 Å². The summed E-state index contributed by atoms with van der Waals surface area (Å²) in [7, 11) is 0. The fourth-order valence-electron chi connectivity index (χ4n) is 0.886. The molecule has 0 aliphatic rings. The molecular weight excluding hydrogens is 174 g/mol. The molecular formula is C8H11NO2S. The number of thiophene rings is 1. The molecule has 0 saturated heterocycles. The Morgan fingerprint density at radius 2 is 2.25 bits per heavy atom. The van der Waals surface area contributed by atoms with Gasteiger partial charge in [0.2, 0.25) is 0 Å². The van der Waals surface area contributed by atoms with E-state index in [1.165, 1.54) is 11.3 Å². The third kappa shape index (κ3) is 1.84. The molecule has 0 fully saturated rings. The van der Waals surface area contributed by atoms with Crippen molar-refractivity contribution in [3.8, 4) is 0 Å². The molecule has 2 N–H and O–H groups in total. The molecule has 66 valence electrons. The van der Waals surface area contributed by atoms with Gasteiger partial charge >= 0.3 is 0 Å². The van der Waals surface area contributed by atoms with E-state index in [1.807, 2.05) is 11.4 Å². The van der Waals surface area contributed by atoms with E-state index in [9.17, 15) is 5.11 Å². The minimum atomic E-state index is -1.10. The first-order chi connectivity index (χ1) is 5.55. The first-order valence-corrected chi connectivity index (χ1v) is 4.42. The van der Waals surface area contributed by atoms with Gasteiger partial charge in [-0.2, -0.15) is 0 Å². The highest BCUT2D eigenvalue weighted by atomic mass is 32.1. The number of oxime groups is 1. The van der Waals surface area contributed by atoms with Crippen LogP contribution in [0.15, 0.2) is 22.7 Å². The van der Waals surface area contributed by atoms with Crippen molar-refractivity contribution >= 4 is 17.0 Å². The molecule has 0 atom stereocenters. The Morgan fingerprint density at radius 1 is 1.58 bits per heavy atom. The first-order valence-electron chi connectivity index (χ1n) is 3.54. The van der Waals surface area contributed by atoms with Crippen LogP contribution in [0.1, 0.15) is 18.7 Å². The SMILES string of the molecule is CC(C)(O)/C(=N/O)c1cccs1. The molecule has 0 bridgehead atoms. The Kier molecular flexibility index (Phi) is 2.49. The van der Waals surface area contributed by atoms with Gasteiger partial charge in [-0.25, -0.2) is 0 Å². The summed E-state index contributed by atoms with van der Waals surface area (Å²) in [4.78, 5) is 0.782. The molecule has 0 unspecified atom stereocenters. The van der Waals surface area contributed by atoms with E-state index in [4.69, 9.17) is 5.21 Å². The van der Waals surface area contributed by atoms with Gasteiger partial charge in [0.1, 0.15) is 11.3 Å². The summed E-state index contributed by atoms with van der Waals surface area (Å²) in [5.41, 5.74) is -0.794. The van der Waals surface area contributed by atoms with Gasteiger partial charge in [-0.1, -0.05) is 11.2 Å². The standard InChI is InChI=1S/C8H11NO2S/c1-8(2,10)7(9-11)6-4-3-5-12-6/h3-5,10-11H,1-2H3/b9-7+. The van der Waals surface area contributed by atoms with Crippen LogP contribution in [0.4, 0.5) is 0 Å². The zero-order valence-electron chi connectivity index (χ0n) is 6.98. The summed E-state index contributed by atoms with van der Waals surface area (Å²) in [5.74, 6) is 0. The second-order valence-corrected chi connectivity index (χ2v) is 3.93. The van der Waals surface area contributed by atoms with E-state index in [-0.39, 0.29) is 0 Å². The van der Waals surface area contributed by atoms with Crippen LogP contribution in [0.3, 0.4) is 0 Å². The topological polar surface area (TPSA) is 52.8 Å². The van der Waals surface area contributed by atoms with Crippen LogP contribution >= 0.6 is 11.3 Å². The van der Waals surface area contributed by atoms with E-state index in [1.54, 1.807) is 19.9 Å².